The van der Waals surface area contributed by atoms with E-state index in [0.29, 0.717) is 0 Å². The Balaban J connectivity index is 2.78. The van der Waals surface area contributed by atoms with Gasteiger partial charge in [0.1, 0.15) is 0 Å². The van der Waals surface area contributed by atoms with Crippen LogP contribution in [0.15, 0.2) is 33.2 Å². The maximum Gasteiger partial charge on any atom is 0.418 e. The van der Waals surface area contributed by atoms with Gasteiger partial charge in [-0.2, -0.15) is 26.3 Å². The zero-order chi connectivity index (χ0) is 25.5. The molecule has 180 valence electrons. The first-order valence-electron chi connectivity index (χ1n) is 9.23. The smallest absolute Gasteiger partial charge is 0.325 e. The van der Waals surface area contributed by atoms with E-state index in [0.717, 1.165) is 26.0 Å². The minimum absolute atomic E-state index is 0.0445. The fourth-order valence-corrected chi connectivity index (χ4v) is 4.27. The van der Waals surface area contributed by atoms with Gasteiger partial charge in [-0.15, -0.1) is 0 Å². The highest BCUT2D eigenvalue weighted by atomic mass is 79.9. The Kier molecular flexibility index (Phi) is 7.64. The molecule has 0 heterocycles. The third-order valence-corrected chi connectivity index (χ3v) is 6.09. The molecule has 0 bridgehead atoms. The minimum atomic E-state index is -4.85. The number of hydrogen-bond acceptors (Lipinski definition) is 2. The molecule has 4 nitrogen and oxygen atoms in total. The quantitative estimate of drug-likeness (QED) is 0.356. The molecule has 0 atom stereocenters. The molecule has 0 aliphatic heterocycles. The van der Waals surface area contributed by atoms with Gasteiger partial charge in [0.05, 0.1) is 22.5 Å². The van der Waals surface area contributed by atoms with Crippen LogP contribution in [0.4, 0.5) is 37.7 Å². The van der Waals surface area contributed by atoms with Crippen LogP contribution in [-0.4, -0.2) is 11.8 Å². The number of anilines is 2. The molecule has 2 N–H and O–H groups in total. The van der Waals surface area contributed by atoms with Crippen molar-refractivity contribution in [2.24, 2.45) is 0 Å². The minimum Gasteiger partial charge on any atom is -0.325 e. The van der Waals surface area contributed by atoms with Crippen LogP contribution in [0, 0.1) is 0 Å². The van der Waals surface area contributed by atoms with Crippen molar-refractivity contribution in [3.63, 3.8) is 0 Å². The molecule has 2 rings (SSSR count). The summed E-state index contributed by atoms with van der Waals surface area (Å²) in [6.45, 7) is 5.04. The Morgan fingerprint density at radius 3 is 1.24 bits per heavy atom. The van der Waals surface area contributed by atoms with Gasteiger partial charge in [0.15, 0.2) is 0 Å². The van der Waals surface area contributed by atoms with Crippen LogP contribution in [0.3, 0.4) is 0 Å². The first kappa shape index (κ1) is 27.2. The molecule has 0 aromatic heterocycles. The van der Waals surface area contributed by atoms with Gasteiger partial charge in [0, 0.05) is 28.2 Å². The van der Waals surface area contributed by atoms with Crippen LogP contribution in [0.2, 0.25) is 0 Å². The number of benzene rings is 2. The molecule has 33 heavy (non-hydrogen) atoms. The van der Waals surface area contributed by atoms with Crippen LogP contribution >= 0.6 is 31.9 Å². The average Bonchev–Trinajstić information content (AvgIpc) is 2.61. The van der Waals surface area contributed by atoms with Gasteiger partial charge < -0.3 is 10.6 Å². The monoisotopic (exact) mass is 602 g/mol. The van der Waals surface area contributed by atoms with E-state index in [1.165, 1.54) is 26.0 Å². The summed E-state index contributed by atoms with van der Waals surface area (Å²) < 4.78 is 82.3. The van der Waals surface area contributed by atoms with Gasteiger partial charge in [0.25, 0.3) is 0 Å². The van der Waals surface area contributed by atoms with Crippen LogP contribution < -0.4 is 10.6 Å². The highest BCUT2D eigenvalue weighted by molar-refractivity contribution is 9.11. The maximum absolute atomic E-state index is 13.7. The van der Waals surface area contributed by atoms with Gasteiger partial charge in [0.2, 0.25) is 11.8 Å². The predicted molar refractivity (Wildman–Crippen MR) is 119 cm³/mol. The number of carbonyl (C=O) groups is 2. The van der Waals surface area contributed by atoms with Crippen molar-refractivity contribution < 1.29 is 35.9 Å². The van der Waals surface area contributed by atoms with E-state index < -0.39 is 52.1 Å². The lowest BCUT2D eigenvalue weighted by Crippen LogP contribution is -2.23. The first-order chi connectivity index (χ1) is 14.9. The van der Waals surface area contributed by atoms with E-state index in [-0.39, 0.29) is 20.1 Å². The number of hydrogen-bond donors (Lipinski definition) is 2. The van der Waals surface area contributed by atoms with Crippen LogP contribution in [-0.2, 0) is 27.4 Å². The molecule has 0 fully saturated rings. The Bertz CT molecular complexity index is 1030. The van der Waals surface area contributed by atoms with Gasteiger partial charge >= 0.3 is 12.4 Å². The van der Waals surface area contributed by atoms with Gasteiger partial charge in [-0.05, 0) is 67.3 Å². The molecule has 12 heteroatoms. The first-order valence-corrected chi connectivity index (χ1v) is 10.8. The molecule has 0 saturated heterocycles. The van der Waals surface area contributed by atoms with Crippen molar-refractivity contribution in [3.05, 3.63) is 55.5 Å². The van der Waals surface area contributed by atoms with Crippen LogP contribution in [0.5, 0.6) is 0 Å². The molecule has 0 radical (unpaired) electrons. The molecule has 0 aliphatic rings. The van der Waals surface area contributed by atoms with E-state index in [1.54, 1.807) is 0 Å². The van der Waals surface area contributed by atoms with Gasteiger partial charge in [-0.1, -0.05) is 13.8 Å². The number of carbonyl (C=O) groups excluding carboxylic acids is 2. The fourth-order valence-electron chi connectivity index (χ4n) is 3.16. The van der Waals surface area contributed by atoms with E-state index >= 15 is 0 Å². The highest BCUT2D eigenvalue weighted by Gasteiger charge is 2.39. The van der Waals surface area contributed by atoms with E-state index in [2.05, 4.69) is 42.5 Å². The van der Waals surface area contributed by atoms with E-state index in [1.807, 2.05) is 0 Å². The summed E-state index contributed by atoms with van der Waals surface area (Å²) in [5.74, 6) is -1.44. The van der Waals surface area contributed by atoms with Crippen LogP contribution in [0.25, 0.3) is 0 Å². The largest absolute Gasteiger partial charge is 0.418 e. The van der Waals surface area contributed by atoms with E-state index in [9.17, 15) is 35.9 Å². The Hall–Kier alpha value is -2.08. The summed E-state index contributed by atoms with van der Waals surface area (Å²) in [5, 5.41) is 4.26. The van der Waals surface area contributed by atoms with E-state index in [4.69, 9.17) is 0 Å². The molecular weight excluding hydrogens is 586 g/mol. The summed E-state index contributed by atoms with van der Waals surface area (Å²) >= 11 is 6.06. The molecule has 2 amide bonds. The standard InChI is InChI=1S/C21H18Br2F6N2O2/c1-9(32)30-17-13(20(24,25)26)5-11(7-15(17)22)19(3,4)12-6-14(21(27,28)29)18(16(23)8-12)31-10(2)33/h5-8H,1-4H3,(H,30,32)(H,31,33). The zero-order valence-corrected chi connectivity index (χ0v) is 20.8. The van der Waals surface area contributed by atoms with Gasteiger partial charge in [-0.3, -0.25) is 9.59 Å². The summed E-state index contributed by atoms with van der Waals surface area (Å²) in [7, 11) is 0. The van der Waals surface area contributed by atoms with Crippen molar-refractivity contribution >= 4 is 55.0 Å². The zero-order valence-electron chi connectivity index (χ0n) is 17.6. The predicted octanol–water partition coefficient (Wildman–Crippen LogP) is 7.49. The SMILES string of the molecule is CC(=O)Nc1c(Br)cc(C(C)(C)c2cc(Br)c(NC(C)=O)c(C(F)(F)F)c2)cc1C(F)(F)F. The van der Waals surface area contributed by atoms with Crippen molar-refractivity contribution in [2.75, 3.05) is 10.6 Å². The Morgan fingerprint density at radius 1 is 0.697 bits per heavy atom. The lowest BCUT2D eigenvalue weighted by atomic mass is 9.76. The maximum atomic E-state index is 13.7. The van der Waals surface area contributed by atoms with Crippen LogP contribution in [0.1, 0.15) is 49.9 Å². The molecule has 0 spiro atoms. The summed E-state index contributed by atoms with van der Waals surface area (Å²) in [4.78, 5) is 22.8. The third kappa shape index (κ3) is 6.08. The van der Waals surface area contributed by atoms with Crippen molar-refractivity contribution in [1.82, 2.24) is 0 Å². The molecule has 2 aromatic carbocycles. The second-order valence-electron chi connectivity index (χ2n) is 7.74. The number of amides is 2. The number of nitrogens with one attached hydrogen (secondary N) is 2. The average molecular weight is 604 g/mol. The molecular formula is C21H18Br2F6N2O2. The topological polar surface area (TPSA) is 58.2 Å². The van der Waals surface area contributed by atoms with Crippen molar-refractivity contribution in [1.29, 1.82) is 0 Å². The second kappa shape index (κ2) is 9.28. The van der Waals surface area contributed by atoms with Crippen molar-refractivity contribution in [2.45, 2.75) is 45.5 Å². The molecule has 0 unspecified atom stereocenters. The highest BCUT2D eigenvalue weighted by Crippen LogP contribution is 2.46. The fraction of sp³-hybridized carbons (Fsp3) is 0.333. The normalized spacial score (nSPS) is 12.5. The molecule has 2 aromatic rings. The summed E-state index contributed by atoms with van der Waals surface area (Å²) in [6.07, 6.45) is -9.70. The number of rotatable bonds is 4. The van der Waals surface area contributed by atoms with Gasteiger partial charge in [-0.25, -0.2) is 0 Å². The van der Waals surface area contributed by atoms with Crippen molar-refractivity contribution in [3.8, 4) is 0 Å². The molecule has 0 saturated carbocycles. The third-order valence-electron chi connectivity index (χ3n) is 4.84. The summed E-state index contributed by atoms with van der Waals surface area (Å²) in [6, 6.07) is 4.20. The lowest BCUT2D eigenvalue weighted by molar-refractivity contribution is -0.137. The Morgan fingerprint density at radius 2 is 1.00 bits per heavy atom. The Labute approximate surface area is 202 Å². The number of alkyl halides is 6. The molecule has 0 aliphatic carbocycles. The number of halogens is 8. The summed E-state index contributed by atoms with van der Waals surface area (Å²) in [5.41, 5.74) is -4.54. The second-order valence-corrected chi connectivity index (χ2v) is 9.45. The lowest BCUT2D eigenvalue weighted by Gasteiger charge is -2.30.